The number of carbonyl (C=O) groups excluding carboxylic acids is 3. The second-order valence-electron chi connectivity index (χ2n) is 5.57. The minimum atomic E-state index is -0.994. The third kappa shape index (κ3) is 0.998. The first-order valence-corrected chi connectivity index (χ1v) is 6.11. The Kier molecular flexibility index (Phi) is 2.02. The Morgan fingerprint density at radius 2 is 2.00 bits per heavy atom. The summed E-state index contributed by atoms with van der Waals surface area (Å²) in [5.41, 5.74) is -0.853. The lowest BCUT2D eigenvalue weighted by Crippen LogP contribution is -2.66. The Morgan fingerprint density at radius 3 is 2.67 bits per heavy atom. The smallest absolute Gasteiger partial charge is 0.205 e. The molecular formula is C14H14O4. The van der Waals surface area contributed by atoms with E-state index in [1.807, 2.05) is 6.92 Å². The Bertz CT molecular complexity index is 554. The van der Waals surface area contributed by atoms with Crippen LogP contribution in [0.1, 0.15) is 20.3 Å². The molecule has 0 aromatic heterocycles. The van der Waals surface area contributed by atoms with Gasteiger partial charge in [-0.1, -0.05) is 13.0 Å². The summed E-state index contributed by atoms with van der Waals surface area (Å²) in [6.07, 6.45) is 3.26. The molecule has 0 saturated heterocycles. The fourth-order valence-electron chi connectivity index (χ4n) is 3.95. The first-order valence-electron chi connectivity index (χ1n) is 6.11. The molecule has 4 heteroatoms. The summed E-state index contributed by atoms with van der Waals surface area (Å²) in [4.78, 5) is 36.1. The number of rotatable bonds is 0. The monoisotopic (exact) mass is 246 g/mol. The second kappa shape index (κ2) is 3.19. The molecule has 4 nitrogen and oxygen atoms in total. The zero-order valence-corrected chi connectivity index (χ0v) is 10.3. The third-order valence-corrected chi connectivity index (χ3v) is 4.84. The molecule has 0 radical (unpaired) electrons. The average molecular weight is 246 g/mol. The van der Waals surface area contributed by atoms with Gasteiger partial charge in [-0.05, 0) is 24.8 Å². The number of carbonyl (C=O) groups is 3. The van der Waals surface area contributed by atoms with Crippen LogP contribution < -0.4 is 0 Å². The highest BCUT2D eigenvalue weighted by atomic mass is 16.3. The Labute approximate surface area is 104 Å². The highest BCUT2D eigenvalue weighted by molar-refractivity contribution is 6.17. The molecule has 3 aliphatic rings. The normalized spacial score (nSPS) is 42.6. The minimum absolute atomic E-state index is 0.0467. The van der Waals surface area contributed by atoms with E-state index in [9.17, 15) is 19.5 Å². The summed E-state index contributed by atoms with van der Waals surface area (Å²) >= 11 is 0. The lowest BCUT2D eigenvalue weighted by molar-refractivity contribution is -0.170. The van der Waals surface area contributed by atoms with Crippen molar-refractivity contribution in [1.82, 2.24) is 0 Å². The molecular weight excluding hydrogens is 232 g/mol. The molecule has 4 atom stereocenters. The van der Waals surface area contributed by atoms with Gasteiger partial charge in [0, 0.05) is 17.9 Å². The van der Waals surface area contributed by atoms with Crippen molar-refractivity contribution in [2.75, 3.05) is 0 Å². The van der Waals surface area contributed by atoms with Gasteiger partial charge in [0.05, 0.1) is 5.41 Å². The third-order valence-electron chi connectivity index (χ3n) is 4.84. The van der Waals surface area contributed by atoms with E-state index < -0.39 is 22.9 Å². The van der Waals surface area contributed by atoms with Gasteiger partial charge in [0.2, 0.25) is 5.78 Å². The van der Waals surface area contributed by atoms with E-state index in [-0.39, 0.29) is 35.4 Å². The zero-order chi connectivity index (χ0) is 13.2. The zero-order valence-electron chi connectivity index (χ0n) is 10.3. The molecule has 3 rings (SSSR count). The predicted molar refractivity (Wildman–Crippen MR) is 62.7 cm³/mol. The molecule has 1 saturated carbocycles. The molecule has 1 N–H and O–H groups in total. The number of allylic oxidation sites excluding steroid dienone is 4. The van der Waals surface area contributed by atoms with E-state index in [4.69, 9.17) is 0 Å². The highest BCUT2D eigenvalue weighted by Crippen LogP contribution is 2.63. The number of hydrogen-bond donors (Lipinski definition) is 1. The summed E-state index contributed by atoms with van der Waals surface area (Å²) in [5.74, 6) is -1.70. The Morgan fingerprint density at radius 1 is 1.33 bits per heavy atom. The molecule has 1 spiro atoms. The average Bonchev–Trinajstić information content (AvgIpc) is 2.33. The van der Waals surface area contributed by atoms with Gasteiger partial charge in [-0.25, -0.2) is 0 Å². The van der Waals surface area contributed by atoms with E-state index in [1.165, 1.54) is 13.0 Å². The Balaban J connectivity index is 2.20. The van der Waals surface area contributed by atoms with Crippen molar-refractivity contribution in [3.63, 3.8) is 0 Å². The maximum atomic E-state index is 12.3. The van der Waals surface area contributed by atoms with Crippen LogP contribution >= 0.6 is 0 Å². The van der Waals surface area contributed by atoms with Crippen molar-refractivity contribution in [3.8, 4) is 0 Å². The van der Waals surface area contributed by atoms with Crippen LogP contribution in [0.4, 0.5) is 0 Å². The number of aliphatic hydroxyl groups excluding tert-OH is 1. The summed E-state index contributed by atoms with van der Waals surface area (Å²) in [5, 5.41) is 9.82. The van der Waals surface area contributed by atoms with Gasteiger partial charge >= 0.3 is 0 Å². The lowest BCUT2D eigenvalue weighted by atomic mass is 9.40. The minimum Gasteiger partial charge on any atom is -0.504 e. The first kappa shape index (κ1) is 11.4. The van der Waals surface area contributed by atoms with Gasteiger partial charge in [0.25, 0.3) is 0 Å². The second-order valence-corrected chi connectivity index (χ2v) is 5.57. The van der Waals surface area contributed by atoms with Crippen LogP contribution in [0.5, 0.6) is 0 Å². The summed E-state index contributed by atoms with van der Waals surface area (Å²) in [7, 11) is 0. The van der Waals surface area contributed by atoms with Crippen molar-refractivity contribution < 1.29 is 19.5 Å². The van der Waals surface area contributed by atoms with Crippen LogP contribution in [0.3, 0.4) is 0 Å². The van der Waals surface area contributed by atoms with Gasteiger partial charge in [-0.15, -0.1) is 0 Å². The fourth-order valence-corrected chi connectivity index (χ4v) is 3.95. The lowest BCUT2D eigenvalue weighted by Gasteiger charge is -2.60. The van der Waals surface area contributed by atoms with Gasteiger partial charge in [-0.2, -0.15) is 0 Å². The van der Waals surface area contributed by atoms with Gasteiger partial charge < -0.3 is 5.11 Å². The molecule has 94 valence electrons. The van der Waals surface area contributed by atoms with E-state index >= 15 is 0 Å². The largest absolute Gasteiger partial charge is 0.504 e. The van der Waals surface area contributed by atoms with Crippen molar-refractivity contribution in [2.45, 2.75) is 20.3 Å². The van der Waals surface area contributed by atoms with Crippen LogP contribution in [-0.4, -0.2) is 22.5 Å². The van der Waals surface area contributed by atoms with E-state index in [0.717, 1.165) is 0 Å². The number of Topliss-reactive ketones (excluding diaryl/α,β-unsaturated/α-hetero) is 2. The van der Waals surface area contributed by atoms with Gasteiger partial charge in [-0.3, -0.25) is 14.4 Å². The first-order chi connectivity index (χ1) is 8.41. The van der Waals surface area contributed by atoms with E-state index in [2.05, 4.69) is 0 Å². The standard InChI is InChI=1S/C14H14O4/c1-6-9-4-3-8(15)5-14(9)10(6)11(16)7(2)12(17)13(14)18/h3-4,6,9-10,17H,5H2,1-2H3/t6-,9+,10-,14-/m0/s1. The van der Waals surface area contributed by atoms with Crippen LogP contribution in [0.2, 0.25) is 0 Å². The van der Waals surface area contributed by atoms with Crippen LogP contribution in [0.25, 0.3) is 0 Å². The topological polar surface area (TPSA) is 71.4 Å². The molecule has 0 amide bonds. The maximum Gasteiger partial charge on any atom is 0.205 e. The van der Waals surface area contributed by atoms with Crippen LogP contribution in [0.15, 0.2) is 23.5 Å². The predicted octanol–water partition coefficient (Wildman–Crippen LogP) is 1.37. The van der Waals surface area contributed by atoms with Crippen LogP contribution in [0, 0.1) is 23.2 Å². The van der Waals surface area contributed by atoms with Gasteiger partial charge in [0.15, 0.2) is 17.3 Å². The van der Waals surface area contributed by atoms with E-state index in [1.54, 1.807) is 6.08 Å². The van der Waals surface area contributed by atoms with Crippen molar-refractivity contribution >= 4 is 17.3 Å². The highest BCUT2D eigenvalue weighted by Gasteiger charge is 2.69. The SMILES string of the molecule is CC1=C(O)C(=O)[C@@]23CC(=O)C=C[C@@H]2[C@H](C)[C@H]3C1=O. The molecule has 0 aliphatic heterocycles. The summed E-state index contributed by atoms with van der Waals surface area (Å²) in [6, 6.07) is 0. The molecule has 3 aliphatic carbocycles. The van der Waals surface area contributed by atoms with Crippen LogP contribution in [-0.2, 0) is 14.4 Å². The molecule has 1 fully saturated rings. The number of aliphatic hydroxyl groups is 1. The van der Waals surface area contributed by atoms with Crippen molar-refractivity contribution in [1.29, 1.82) is 0 Å². The maximum absolute atomic E-state index is 12.3. The Hall–Kier alpha value is -1.71. The number of ketones is 3. The summed E-state index contributed by atoms with van der Waals surface area (Å²) in [6.45, 7) is 3.40. The van der Waals surface area contributed by atoms with Crippen molar-refractivity contribution in [2.24, 2.45) is 23.2 Å². The molecule has 0 unspecified atom stereocenters. The molecule has 0 bridgehead atoms. The molecule has 18 heavy (non-hydrogen) atoms. The quantitative estimate of drug-likeness (QED) is 0.700. The molecule has 0 aromatic carbocycles. The molecule has 0 aromatic rings. The van der Waals surface area contributed by atoms with Crippen molar-refractivity contribution in [3.05, 3.63) is 23.5 Å². The number of hydrogen-bond acceptors (Lipinski definition) is 4. The summed E-state index contributed by atoms with van der Waals surface area (Å²) < 4.78 is 0. The fraction of sp³-hybridized carbons (Fsp3) is 0.500. The van der Waals surface area contributed by atoms with Gasteiger partial charge in [0.1, 0.15) is 0 Å². The molecule has 0 heterocycles. The van der Waals surface area contributed by atoms with E-state index in [0.29, 0.717) is 0 Å².